The van der Waals surface area contributed by atoms with Crippen LogP contribution in [0.4, 0.5) is 13.2 Å². The lowest BCUT2D eigenvalue weighted by Gasteiger charge is -2.06. The first-order valence-corrected chi connectivity index (χ1v) is 8.37. The van der Waals surface area contributed by atoms with Gasteiger partial charge in [-0.15, -0.1) is 11.3 Å². The highest BCUT2D eigenvalue weighted by molar-refractivity contribution is 7.95. The van der Waals surface area contributed by atoms with Crippen LogP contribution in [-0.2, 0) is 9.73 Å². The lowest BCUT2D eigenvalue weighted by molar-refractivity contribution is 0.373. The van der Waals surface area contributed by atoms with Crippen molar-refractivity contribution in [2.45, 2.75) is 23.6 Å². The van der Waals surface area contributed by atoms with Crippen LogP contribution in [-0.4, -0.2) is 21.5 Å². The summed E-state index contributed by atoms with van der Waals surface area (Å²) in [7, 11) is -2.88. The number of aromatic nitrogens is 1. The van der Waals surface area contributed by atoms with Crippen molar-refractivity contribution in [3.05, 3.63) is 23.5 Å². The number of hydrogen-bond donors (Lipinski definition) is 0. The highest BCUT2D eigenvalue weighted by Gasteiger charge is 2.24. The Kier molecular flexibility index (Phi) is 4.62. The van der Waals surface area contributed by atoms with Gasteiger partial charge in [-0.05, 0) is 18.8 Å². The molecule has 0 amide bonds. The molecule has 8 heteroatoms. The molecule has 1 aliphatic rings. The molecule has 1 fully saturated rings. The van der Waals surface area contributed by atoms with Gasteiger partial charge in [0.15, 0.2) is 10.2 Å². The van der Waals surface area contributed by atoms with E-state index in [2.05, 4.69) is 9.35 Å². The zero-order valence-corrected chi connectivity index (χ0v) is 11.7. The van der Waals surface area contributed by atoms with Gasteiger partial charge < -0.3 is 0 Å². The molecule has 1 aromatic heterocycles. The zero-order chi connectivity index (χ0) is 13.9. The van der Waals surface area contributed by atoms with Gasteiger partial charge in [-0.3, -0.25) is 0 Å². The van der Waals surface area contributed by atoms with Gasteiger partial charge in [0.25, 0.3) is 0 Å². The molecule has 0 bridgehead atoms. The maximum atomic E-state index is 12.9. The molecule has 0 radical (unpaired) electrons. The van der Waals surface area contributed by atoms with Crippen LogP contribution in [0.2, 0.25) is 0 Å². The molecular formula is C11H13F3N2OS2. The van der Waals surface area contributed by atoms with Gasteiger partial charge in [-0.2, -0.15) is 8.78 Å². The lowest BCUT2D eigenvalue weighted by atomic mass is 10.4. The van der Waals surface area contributed by atoms with E-state index in [0.29, 0.717) is 16.8 Å². The Hall–Kier alpha value is -0.890. The molecule has 1 atom stereocenters. The predicted molar refractivity (Wildman–Crippen MR) is 68.4 cm³/mol. The Balaban J connectivity index is 2.17. The summed E-state index contributed by atoms with van der Waals surface area (Å²) in [5.41, 5.74) is 0. The summed E-state index contributed by atoms with van der Waals surface area (Å²) in [4.78, 5) is 3.93. The highest BCUT2D eigenvalue weighted by atomic mass is 32.2. The Labute approximate surface area is 113 Å². The van der Waals surface area contributed by atoms with E-state index >= 15 is 0 Å². The van der Waals surface area contributed by atoms with E-state index in [1.54, 1.807) is 5.38 Å². The first-order chi connectivity index (χ1) is 9.01. The van der Waals surface area contributed by atoms with E-state index in [1.807, 2.05) is 0 Å². The smallest absolute Gasteiger partial charge is 0.242 e. The van der Waals surface area contributed by atoms with Gasteiger partial charge in [-0.1, -0.05) is 0 Å². The minimum absolute atomic E-state index is 0.254. The van der Waals surface area contributed by atoms with Gasteiger partial charge in [0, 0.05) is 23.8 Å². The van der Waals surface area contributed by atoms with Gasteiger partial charge in [-0.25, -0.2) is 17.9 Å². The summed E-state index contributed by atoms with van der Waals surface area (Å²) in [5, 5.41) is 1.64. The normalized spacial score (nSPS) is 17.8. The quantitative estimate of drug-likeness (QED) is 0.801. The molecule has 106 valence electrons. The summed E-state index contributed by atoms with van der Waals surface area (Å²) in [6, 6.07) is 0. The topological polar surface area (TPSA) is 42.3 Å². The average Bonchev–Trinajstić information content (AvgIpc) is 3.04. The maximum absolute atomic E-state index is 12.9. The van der Waals surface area contributed by atoms with Crippen molar-refractivity contribution < 1.29 is 17.4 Å². The van der Waals surface area contributed by atoms with Crippen molar-refractivity contribution in [3.8, 4) is 0 Å². The Morgan fingerprint density at radius 2 is 2.21 bits per heavy atom. The standard InChI is InChI=1S/C11H13F3N2OS2/c12-9(10(13)14)3-6-19(17,11-15-4-5-18-11)16-7-8-1-2-8/h4-5,8H,1-3,6-7H2. The minimum atomic E-state index is -2.88. The van der Waals surface area contributed by atoms with E-state index < -0.39 is 28.1 Å². The molecule has 1 aliphatic carbocycles. The number of thiazole rings is 1. The van der Waals surface area contributed by atoms with E-state index in [0.717, 1.165) is 24.2 Å². The summed E-state index contributed by atoms with van der Waals surface area (Å²) < 4.78 is 54.0. The van der Waals surface area contributed by atoms with E-state index in [9.17, 15) is 17.4 Å². The van der Waals surface area contributed by atoms with Crippen LogP contribution < -0.4 is 0 Å². The third kappa shape index (κ3) is 4.04. The molecule has 0 spiro atoms. The lowest BCUT2D eigenvalue weighted by Crippen LogP contribution is -2.08. The molecule has 1 saturated carbocycles. The summed E-state index contributed by atoms with van der Waals surface area (Å²) in [5.74, 6) is -1.35. The van der Waals surface area contributed by atoms with Crippen LogP contribution in [0.25, 0.3) is 0 Å². The average molecular weight is 310 g/mol. The Bertz CT molecular complexity index is 569. The molecule has 3 nitrogen and oxygen atoms in total. The summed E-state index contributed by atoms with van der Waals surface area (Å²) in [6.07, 6.45) is 0.639. The fourth-order valence-electron chi connectivity index (χ4n) is 1.42. The first kappa shape index (κ1) is 14.5. The molecule has 1 unspecified atom stereocenters. The third-order valence-corrected chi connectivity index (χ3v) is 6.33. The number of rotatable bonds is 6. The SMILES string of the molecule is O=S(CCC(F)=C(F)F)(=NCC1CC1)c1nccs1. The van der Waals surface area contributed by atoms with Crippen molar-refractivity contribution >= 4 is 21.1 Å². The molecule has 1 heterocycles. The van der Waals surface area contributed by atoms with Crippen molar-refractivity contribution in [2.24, 2.45) is 10.3 Å². The van der Waals surface area contributed by atoms with Crippen molar-refractivity contribution in [3.63, 3.8) is 0 Å². The third-order valence-electron chi connectivity index (χ3n) is 2.72. The molecule has 0 aromatic carbocycles. The summed E-state index contributed by atoms with van der Waals surface area (Å²) in [6.45, 7) is 0.432. The van der Waals surface area contributed by atoms with E-state index in [4.69, 9.17) is 0 Å². The highest BCUT2D eigenvalue weighted by Crippen LogP contribution is 2.30. The van der Waals surface area contributed by atoms with Crippen LogP contribution in [0.1, 0.15) is 19.3 Å². The van der Waals surface area contributed by atoms with Crippen molar-refractivity contribution in [1.29, 1.82) is 0 Å². The molecule has 0 saturated heterocycles. The van der Waals surface area contributed by atoms with Gasteiger partial charge >= 0.3 is 6.08 Å². The second kappa shape index (κ2) is 6.04. The number of nitrogens with zero attached hydrogens (tertiary/aromatic N) is 2. The van der Waals surface area contributed by atoms with Gasteiger partial charge in [0.05, 0.1) is 6.54 Å². The molecular weight excluding hydrogens is 297 g/mol. The molecule has 2 rings (SSSR count). The molecule has 0 N–H and O–H groups in total. The van der Waals surface area contributed by atoms with Gasteiger partial charge in [0.1, 0.15) is 9.73 Å². The van der Waals surface area contributed by atoms with E-state index in [-0.39, 0.29) is 5.75 Å². The predicted octanol–water partition coefficient (Wildman–Crippen LogP) is 3.85. The molecule has 0 aliphatic heterocycles. The number of allylic oxidation sites excluding steroid dienone is 1. The van der Waals surface area contributed by atoms with Gasteiger partial charge in [0.2, 0.25) is 0 Å². The van der Waals surface area contributed by atoms with Crippen LogP contribution in [0, 0.1) is 5.92 Å². The molecule has 1 aromatic rings. The largest absolute Gasteiger partial charge is 0.301 e. The fourth-order valence-corrected chi connectivity index (χ4v) is 4.51. The number of hydrogen-bond acceptors (Lipinski definition) is 4. The number of halogens is 3. The first-order valence-electron chi connectivity index (χ1n) is 5.81. The maximum Gasteiger partial charge on any atom is 0.301 e. The van der Waals surface area contributed by atoms with E-state index in [1.165, 1.54) is 6.20 Å². The Morgan fingerprint density at radius 3 is 2.74 bits per heavy atom. The van der Waals surface area contributed by atoms with Crippen molar-refractivity contribution in [1.82, 2.24) is 4.98 Å². The van der Waals surface area contributed by atoms with Crippen LogP contribution in [0.3, 0.4) is 0 Å². The minimum Gasteiger partial charge on any atom is -0.242 e. The van der Waals surface area contributed by atoms with Crippen LogP contribution in [0.15, 0.2) is 32.2 Å². The fraction of sp³-hybridized carbons (Fsp3) is 0.545. The van der Waals surface area contributed by atoms with Crippen LogP contribution in [0.5, 0.6) is 0 Å². The zero-order valence-electron chi connectivity index (χ0n) is 10.0. The second-order valence-corrected chi connectivity index (χ2v) is 7.80. The Morgan fingerprint density at radius 1 is 1.47 bits per heavy atom. The summed E-state index contributed by atoms with van der Waals surface area (Å²) >= 11 is 1.16. The molecule has 19 heavy (non-hydrogen) atoms. The van der Waals surface area contributed by atoms with Crippen molar-refractivity contribution in [2.75, 3.05) is 12.3 Å². The second-order valence-electron chi connectivity index (χ2n) is 4.31. The monoisotopic (exact) mass is 310 g/mol. The van der Waals surface area contributed by atoms with Crippen LogP contribution >= 0.6 is 11.3 Å².